The quantitative estimate of drug-likeness (QED) is 0.220. The van der Waals surface area contributed by atoms with Gasteiger partial charge in [0.25, 0.3) is 0 Å². The van der Waals surface area contributed by atoms with E-state index >= 15 is 0 Å². The molecule has 2 aromatic carbocycles. The minimum Gasteiger partial charge on any atom is -0.508 e. The normalized spacial score (nSPS) is 25.0. The third kappa shape index (κ3) is 4.14. The van der Waals surface area contributed by atoms with Gasteiger partial charge in [0, 0.05) is 17.7 Å². The van der Waals surface area contributed by atoms with Crippen LogP contribution in [0, 0.1) is 0 Å². The first-order valence-corrected chi connectivity index (χ1v) is 10.1. The van der Waals surface area contributed by atoms with Crippen LogP contribution in [-0.2, 0) is 16.1 Å². The topological polar surface area (TPSA) is 211 Å². The highest BCUT2D eigenvalue weighted by molar-refractivity contribution is 5.87. The van der Waals surface area contributed by atoms with Gasteiger partial charge in [0.2, 0.25) is 5.43 Å². The molecule has 0 amide bonds. The molecule has 0 unspecified atom stereocenters. The van der Waals surface area contributed by atoms with E-state index in [0.717, 1.165) is 24.3 Å². The highest BCUT2D eigenvalue weighted by Crippen LogP contribution is 2.36. The zero-order valence-electron chi connectivity index (χ0n) is 17.4. The summed E-state index contributed by atoms with van der Waals surface area (Å²) < 4.78 is 16.5. The molecule has 1 saturated heterocycles. The van der Waals surface area contributed by atoms with Gasteiger partial charge in [-0.3, -0.25) is 4.79 Å². The maximum Gasteiger partial charge on any atom is 0.202 e. The maximum atomic E-state index is 13.3. The number of ether oxygens (including phenoxy) is 2. The molecule has 0 aliphatic carbocycles. The van der Waals surface area contributed by atoms with E-state index in [9.17, 15) is 45.6 Å². The number of aliphatic hydroxyl groups is 4. The number of aromatic hydroxyl groups is 4. The van der Waals surface area contributed by atoms with Crippen LogP contribution >= 0.6 is 0 Å². The number of benzene rings is 2. The molecule has 0 saturated carbocycles. The monoisotopic (exact) mass is 478 g/mol. The van der Waals surface area contributed by atoms with Crippen LogP contribution in [0.5, 0.6) is 23.0 Å². The van der Waals surface area contributed by atoms with E-state index in [1.807, 2.05) is 0 Å². The molecule has 2 heterocycles. The summed E-state index contributed by atoms with van der Waals surface area (Å²) in [6.45, 7) is -1.28. The van der Waals surface area contributed by atoms with Crippen LogP contribution in [0.2, 0.25) is 0 Å². The van der Waals surface area contributed by atoms with E-state index in [1.165, 1.54) is 6.07 Å². The van der Waals surface area contributed by atoms with E-state index in [0.29, 0.717) is 0 Å². The second-order valence-electron chi connectivity index (χ2n) is 7.79. The summed E-state index contributed by atoms with van der Waals surface area (Å²) in [5.41, 5.74) is -1.02. The van der Waals surface area contributed by atoms with E-state index in [1.54, 1.807) is 0 Å². The molecule has 4 rings (SSSR count). The van der Waals surface area contributed by atoms with Crippen molar-refractivity contribution in [2.24, 2.45) is 0 Å². The fourth-order valence-corrected chi connectivity index (χ4v) is 3.72. The number of phenolic OH excluding ortho intramolecular Hbond substituents is 4. The summed E-state index contributed by atoms with van der Waals surface area (Å²) in [7, 11) is 0. The van der Waals surface area contributed by atoms with Crippen molar-refractivity contribution in [3.8, 4) is 34.3 Å². The van der Waals surface area contributed by atoms with E-state index in [-0.39, 0.29) is 33.6 Å². The van der Waals surface area contributed by atoms with Crippen LogP contribution < -0.4 is 5.43 Å². The fraction of sp³-hybridized carbons (Fsp3) is 0.318. The van der Waals surface area contributed by atoms with E-state index < -0.39 is 66.6 Å². The molecule has 0 bridgehead atoms. The summed E-state index contributed by atoms with van der Waals surface area (Å²) in [6, 6.07) is 5.63. The number of hydrogen-bond donors (Lipinski definition) is 8. The molecule has 0 spiro atoms. The molecule has 1 fully saturated rings. The summed E-state index contributed by atoms with van der Waals surface area (Å²) in [5, 5.41) is 78.6. The molecular weight excluding hydrogens is 456 g/mol. The molecule has 8 N–H and O–H groups in total. The van der Waals surface area contributed by atoms with Gasteiger partial charge in [0.05, 0.1) is 18.8 Å². The van der Waals surface area contributed by atoms with E-state index in [4.69, 9.17) is 13.9 Å². The molecule has 34 heavy (non-hydrogen) atoms. The third-order valence-corrected chi connectivity index (χ3v) is 5.53. The molecule has 1 aromatic heterocycles. The van der Waals surface area contributed by atoms with Crippen molar-refractivity contribution in [1.29, 1.82) is 0 Å². The zero-order chi connectivity index (χ0) is 24.7. The minimum atomic E-state index is -1.73. The SMILES string of the molecule is O=c1c(CO[C@H]2O[C@@H](CO)[C@H](O)[C@@H](O)[C@@H]2O)c(-c2ccc(O)c(O)c2)oc2cc(O)cc(O)c12. The van der Waals surface area contributed by atoms with Gasteiger partial charge in [-0.2, -0.15) is 0 Å². The summed E-state index contributed by atoms with van der Waals surface area (Å²) in [5.74, 6) is -2.04. The molecular formula is C22H22O12. The standard InChI is InChI=1S/C22H22O12/c23-6-15-18(29)19(30)20(31)22(34-15)32-7-10-17(28)16-13(27)4-9(24)5-14(16)33-21(10)8-1-2-11(25)12(26)3-8/h1-5,15,18-20,22-27,29-31H,6-7H2/t15-,18-,19+,20-,22-/m0/s1. The Hall–Kier alpha value is -3.39. The Labute approximate surface area is 190 Å². The predicted octanol–water partition coefficient (Wildman–Crippen LogP) is -0.401. The lowest BCUT2D eigenvalue weighted by Gasteiger charge is -2.39. The van der Waals surface area contributed by atoms with Crippen molar-refractivity contribution in [2.75, 3.05) is 6.61 Å². The van der Waals surface area contributed by atoms with Crippen LogP contribution in [0.1, 0.15) is 5.56 Å². The van der Waals surface area contributed by atoms with Gasteiger partial charge >= 0.3 is 0 Å². The van der Waals surface area contributed by atoms with Crippen molar-refractivity contribution in [3.05, 3.63) is 46.1 Å². The van der Waals surface area contributed by atoms with Crippen molar-refractivity contribution in [2.45, 2.75) is 37.3 Å². The second kappa shape index (κ2) is 9.10. The number of rotatable bonds is 5. The summed E-state index contributed by atoms with van der Waals surface area (Å²) in [6.07, 6.45) is -7.83. The van der Waals surface area contributed by atoms with Crippen LogP contribution in [0.3, 0.4) is 0 Å². The second-order valence-corrected chi connectivity index (χ2v) is 7.79. The van der Waals surface area contributed by atoms with Crippen molar-refractivity contribution < 1.29 is 54.7 Å². The van der Waals surface area contributed by atoms with E-state index in [2.05, 4.69) is 0 Å². The fourth-order valence-electron chi connectivity index (χ4n) is 3.72. The van der Waals surface area contributed by atoms with Crippen LogP contribution in [-0.4, -0.2) is 78.2 Å². The van der Waals surface area contributed by atoms with Gasteiger partial charge in [-0.1, -0.05) is 0 Å². The summed E-state index contributed by atoms with van der Waals surface area (Å²) >= 11 is 0. The third-order valence-electron chi connectivity index (χ3n) is 5.53. The number of fused-ring (bicyclic) bond motifs is 1. The highest BCUT2D eigenvalue weighted by Gasteiger charge is 2.44. The molecule has 5 atom stereocenters. The smallest absolute Gasteiger partial charge is 0.202 e. The van der Waals surface area contributed by atoms with Crippen molar-refractivity contribution in [1.82, 2.24) is 0 Å². The summed E-state index contributed by atoms with van der Waals surface area (Å²) in [4.78, 5) is 13.3. The Morgan fingerprint density at radius 1 is 0.882 bits per heavy atom. The minimum absolute atomic E-state index is 0.129. The average Bonchev–Trinajstić information content (AvgIpc) is 2.79. The molecule has 12 nitrogen and oxygen atoms in total. The zero-order valence-corrected chi connectivity index (χ0v) is 17.4. The first-order valence-electron chi connectivity index (χ1n) is 10.1. The lowest BCUT2D eigenvalue weighted by Crippen LogP contribution is -2.59. The van der Waals surface area contributed by atoms with Gasteiger partial charge in [-0.25, -0.2) is 0 Å². The molecule has 1 aliphatic heterocycles. The predicted molar refractivity (Wildman–Crippen MR) is 113 cm³/mol. The first-order chi connectivity index (χ1) is 16.1. The van der Waals surface area contributed by atoms with Gasteiger partial charge in [-0.05, 0) is 18.2 Å². The van der Waals surface area contributed by atoms with Gasteiger partial charge in [0.1, 0.15) is 52.6 Å². The Kier molecular flexibility index (Phi) is 6.36. The van der Waals surface area contributed by atoms with Crippen LogP contribution in [0.25, 0.3) is 22.3 Å². The number of phenols is 4. The molecule has 3 aromatic rings. The lowest BCUT2D eigenvalue weighted by molar-refractivity contribution is -0.304. The Balaban J connectivity index is 1.79. The first kappa shape index (κ1) is 23.8. The molecule has 0 radical (unpaired) electrons. The van der Waals surface area contributed by atoms with Crippen molar-refractivity contribution in [3.63, 3.8) is 0 Å². The van der Waals surface area contributed by atoms with Gasteiger partial charge in [-0.15, -0.1) is 0 Å². The largest absolute Gasteiger partial charge is 0.508 e. The number of aliphatic hydroxyl groups excluding tert-OH is 4. The van der Waals surface area contributed by atoms with Gasteiger partial charge in [0.15, 0.2) is 17.8 Å². The Morgan fingerprint density at radius 2 is 1.62 bits per heavy atom. The Morgan fingerprint density at radius 3 is 2.29 bits per heavy atom. The van der Waals surface area contributed by atoms with Gasteiger partial charge < -0.3 is 54.7 Å². The van der Waals surface area contributed by atoms with Crippen molar-refractivity contribution >= 4 is 11.0 Å². The average molecular weight is 478 g/mol. The highest BCUT2D eigenvalue weighted by atomic mass is 16.7. The molecule has 182 valence electrons. The van der Waals surface area contributed by atoms with Crippen LogP contribution in [0.15, 0.2) is 39.5 Å². The molecule has 1 aliphatic rings. The maximum absolute atomic E-state index is 13.3. The number of hydrogen-bond acceptors (Lipinski definition) is 12. The van der Waals surface area contributed by atoms with Crippen LogP contribution in [0.4, 0.5) is 0 Å². The lowest BCUT2D eigenvalue weighted by atomic mass is 9.99. The molecule has 12 heteroatoms. The Bertz CT molecular complexity index is 1270.